The number of imide groups is 1. The summed E-state index contributed by atoms with van der Waals surface area (Å²) < 4.78 is 17.9. The number of anilines is 3. The van der Waals surface area contributed by atoms with Gasteiger partial charge in [-0.3, -0.25) is 39.0 Å². The van der Waals surface area contributed by atoms with Crippen LogP contribution in [0.4, 0.5) is 21.5 Å². The van der Waals surface area contributed by atoms with Crippen molar-refractivity contribution >= 4 is 58.5 Å². The molecule has 2 aromatic carbocycles. The summed E-state index contributed by atoms with van der Waals surface area (Å²) in [6.07, 6.45) is 10.4. The number of amides is 5. The first-order valence-electron chi connectivity index (χ1n) is 22.4. The first kappa shape index (κ1) is 41.7. The summed E-state index contributed by atoms with van der Waals surface area (Å²) >= 11 is 0. The Hall–Kier alpha value is -6.27. The zero-order valence-electron chi connectivity index (χ0n) is 35.9. The molecule has 2 N–H and O–H groups in total. The molecule has 5 amide bonds. The fraction of sp³-hybridized carbons (Fsp3) is 0.478. The fourth-order valence-electron chi connectivity index (χ4n) is 10.5. The van der Waals surface area contributed by atoms with Gasteiger partial charge >= 0.3 is 0 Å². The SMILES string of the molecule is CN(C(=O)c1cc(N2CC(F)(CN3CCC(N4Cc5cc(NC(=O)c6cnn7cccnc67)c(N6CCC(N7CCC7)CC6)cc5C4=O)CC3)C2)ccc1C=O)C1CCC(=O)NC1=O. The van der Waals surface area contributed by atoms with Crippen LogP contribution in [0.25, 0.3) is 5.65 Å². The van der Waals surface area contributed by atoms with Crippen LogP contribution in [0.3, 0.4) is 0 Å². The Balaban J connectivity index is 0.778. The average molecular weight is 874 g/mol. The highest BCUT2D eigenvalue weighted by Crippen LogP contribution is 2.39. The molecule has 1 atom stereocenters. The number of aromatic nitrogens is 3. The number of likely N-dealkylation sites (N-methyl/N-ethyl adjacent to an activating group) is 1. The van der Waals surface area contributed by atoms with Crippen molar-refractivity contribution in [2.75, 3.05) is 81.1 Å². The molecule has 17 nitrogen and oxygen atoms in total. The number of aldehydes is 1. The van der Waals surface area contributed by atoms with Crippen LogP contribution in [-0.2, 0) is 16.1 Å². The molecular weight excluding hydrogens is 822 g/mol. The van der Waals surface area contributed by atoms with Gasteiger partial charge in [-0.2, -0.15) is 5.10 Å². The molecule has 0 bridgehead atoms. The van der Waals surface area contributed by atoms with E-state index in [-0.39, 0.29) is 61.5 Å². The number of hydrogen-bond acceptors (Lipinski definition) is 12. The number of fused-ring (bicyclic) bond motifs is 2. The van der Waals surface area contributed by atoms with Gasteiger partial charge in [0.25, 0.3) is 17.7 Å². The van der Waals surface area contributed by atoms with Crippen LogP contribution in [0, 0.1) is 0 Å². The number of carbonyl (C=O) groups excluding carboxylic acids is 6. The maximum absolute atomic E-state index is 16.3. The number of nitrogens with zero attached hydrogens (tertiary/aromatic N) is 9. The minimum Gasteiger partial charge on any atom is -0.370 e. The second-order valence-corrected chi connectivity index (χ2v) is 18.3. The minimum atomic E-state index is -1.50. The third-order valence-electron chi connectivity index (χ3n) is 14.2. The predicted octanol–water partition coefficient (Wildman–Crippen LogP) is 2.99. The number of hydrogen-bond donors (Lipinski definition) is 2. The summed E-state index contributed by atoms with van der Waals surface area (Å²) in [5.41, 5.74) is 3.22. The molecule has 0 aliphatic carbocycles. The smallest absolute Gasteiger partial charge is 0.261 e. The van der Waals surface area contributed by atoms with Crippen molar-refractivity contribution in [3.63, 3.8) is 0 Å². The summed E-state index contributed by atoms with van der Waals surface area (Å²) in [7, 11) is 1.47. The quantitative estimate of drug-likeness (QED) is 0.167. The molecule has 64 heavy (non-hydrogen) atoms. The lowest BCUT2D eigenvalue weighted by atomic mass is 9.92. The minimum absolute atomic E-state index is 0.0196. The van der Waals surface area contributed by atoms with Gasteiger partial charge in [0, 0.05) is 94.0 Å². The van der Waals surface area contributed by atoms with E-state index in [1.807, 2.05) is 21.9 Å². The second kappa shape index (κ2) is 16.7. The highest BCUT2D eigenvalue weighted by atomic mass is 19.1. The molecule has 10 rings (SSSR count). The zero-order valence-corrected chi connectivity index (χ0v) is 35.9. The van der Waals surface area contributed by atoms with Gasteiger partial charge in [0.2, 0.25) is 11.8 Å². The molecule has 1 unspecified atom stereocenters. The number of carbonyl (C=O) groups is 6. The monoisotopic (exact) mass is 873 g/mol. The van der Waals surface area contributed by atoms with Crippen LogP contribution < -0.4 is 20.4 Å². The van der Waals surface area contributed by atoms with Crippen molar-refractivity contribution in [1.29, 1.82) is 0 Å². The molecule has 18 heteroatoms. The van der Waals surface area contributed by atoms with E-state index in [9.17, 15) is 28.8 Å². The van der Waals surface area contributed by atoms with Crippen molar-refractivity contribution in [3.05, 3.63) is 82.8 Å². The number of benzene rings is 2. The predicted molar refractivity (Wildman–Crippen MR) is 234 cm³/mol. The molecule has 0 radical (unpaired) electrons. The summed E-state index contributed by atoms with van der Waals surface area (Å²) in [4.78, 5) is 93.9. The lowest BCUT2D eigenvalue weighted by Gasteiger charge is -2.49. The summed E-state index contributed by atoms with van der Waals surface area (Å²) in [5.74, 6) is -1.82. The second-order valence-electron chi connectivity index (χ2n) is 18.3. The summed E-state index contributed by atoms with van der Waals surface area (Å²) in [5, 5.41) is 9.74. The van der Waals surface area contributed by atoms with Gasteiger partial charge in [0.15, 0.2) is 17.6 Å². The summed E-state index contributed by atoms with van der Waals surface area (Å²) in [6.45, 7) is 6.06. The maximum atomic E-state index is 16.3. The Morgan fingerprint density at radius 3 is 2.44 bits per heavy atom. The first-order chi connectivity index (χ1) is 30.9. The molecule has 5 saturated heterocycles. The average Bonchev–Trinajstić information content (AvgIpc) is 3.85. The van der Waals surface area contributed by atoms with Crippen LogP contribution >= 0.6 is 0 Å². The third-order valence-corrected chi connectivity index (χ3v) is 14.2. The number of piperidine rings is 3. The van der Waals surface area contributed by atoms with E-state index in [0.29, 0.717) is 73.0 Å². The van der Waals surface area contributed by atoms with Crippen LogP contribution in [0.5, 0.6) is 0 Å². The van der Waals surface area contributed by atoms with Crippen molar-refractivity contribution in [3.8, 4) is 0 Å². The van der Waals surface area contributed by atoms with Gasteiger partial charge in [-0.15, -0.1) is 0 Å². The van der Waals surface area contributed by atoms with E-state index in [2.05, 4.69) is 35.4 Å². The molecule has 0 spiro atoms. The maximum Gasteiger partial charge on any atom is 0.261 e. The molecular formula is C46H52FN11O6. The van der Waals surface area contributed by atoms with E-state index in [1.54, 1.807) is 35.1 Å². The Morgan fingerprint density at radius 2 is 1.72 bits per heavy atom. The number of rotatable bonds is 11. The van der Waals surface area contributed by atoms with Gasteiger partial charge < -0.3 is 29.8 Å². The van der Waals surface area contributed by atoms with E-state index in [4.69, 9.17) is 0 Å². The normalized spacial score (nSPS) is 21.9. The van der Waals surface area contributed by atoms with Gasteiger partial charge in [-0.25, -0.2) is 13.9 Å². The lowest BCUT2D eigenvalue weighted by molar-refractivity contribution is -0.136. The van der Waals surface area contributed by atoms with Gasteiger partial charge in [0.1, 0.15) is 11.6 Å². The number of alkyl halides is 1. The Kier molecular flexibility index (Phi) is 10.9. The van der Waals surface area contributed by atoms with Crippen molar-refractivity contribution in [2.24, 2.45) is 0 Å². The van der Waals surface area contributed by atoms with E-state index >= 15 is 4.39 Å². The summed E-state index contributed by atoms with van der Waals surface area (Å²) in [6, 6.07) is 10.2. The molecule has 6 aliphatic rings. The molecule has 6 aliphatic heterocycles. The Bertz CT molecular complexity index is 2540. The van der Waals surface area contributed by atoms with Crippen molar-refractivity contribution < 1.29 is 33.2 Å². The van der Waals surface area contributed by atoms with E-state index in [1.165, 1.54) is 30.6 Å². The van der Waals surface area contributed by atoms with Crippen LogP contribution in [0.1, 0.15) is 91.9 Å². The van der Waals surface area contributed by atoms with Gasteiger partial charge in [0.05, 0.1) is 36.2 Å². The topological polar surface area (TPSA) is 176 Å². The van der Waals surface area contributed by atoms with Crippen molar-refractivity contribution in [2.45, 2.75) is 75.3 Å². The molecule has 4 aromatic rings. The number of likely N-dealkylation sites (tertiary alicyclic amines) is 2. The molecule has 8 heterocycles. The highest BCUT2D eigenvalue weighted by molar-refractivity contribution is 6.11. The number of halogens is 1. The molecule has 334 valence electrons. The molecule has 5 fully saturated rings. The lowest BCUT2D eigenvalue weighted by Crippen LogP contribution is -2.64. The largest absolute Gasteiger partial charge is 0.370 e. The van der Waals surface area contributed by atoms with Crippen LogP contribution in [-0.4, -0.2) is 160 Å². The van der Waals surface area contributed by atoms with Crippen LogP contribution in [0.15, 0.2) is 55.0 Å². The third kappa shape index (κ3) is 7.75. The van der Waals surface area contributed by atoms with E-state index < -0.39 is 29.4 Å². The van der Waals surface area contributed by atoms with Crippen molar-refractivity contribution in [1.82, 2.24) is 39.5 Å². The Labute approximate surface area is 369 Å². The standard InChI is InChI=1S/C46H52FN11O6/c1-52(38-6-7-40(60)51-43(38)62)44(63)34-21-33(5-4-29(34)25-59)56-27-46(47,28-56)26-53-16-8-32(9-17-53)57-24-30-20-37(50-42(61)36-23-49-58-15-2-12-48-41(36)58)39(22-35(30)45(57)64)55-18-10-31(11-19-55)54-13-3-14-54/h2,4-5,12,15,20-23,25,31-32,38H,3,6-11,13-14,16-19,24,26-28H2,1H3,(H,50,61)(H,51,60,62). The Morgan fingerprint density at radius 1 is 0.953 bits per heavy atom. The molecule has 2 aromatic heterocycles. The highest BCUT2D eigenvalue weighted by Gasteiger charge is 2.46. The van der Waals surface area contributed by atoms with Crippen LogP contribution in [0.2, 0.25) is 0 Å². The van der Waals surface area contributed by atoms with Gasteiger partial charge in [-0.1, -0.05) is 0 Å². The fourth-order valence-corrected chi connectivity index (χ4v) is 10.5. The zero-order chi connectivity index (χ0) is 44.3. The van der Waals surface area contributed by atoms with E-state index in [0.717, 1.165) is 50.3 Å². The number of nitrogens with one attached hydrogen (secondary N) is 2. The van der Waals surface area contributed by atoms with Gasteiger partial charge in [-0.05, 0) is 93.6 Å². The molecule has 0 saturated carbocycles. The first-order valence-corrected chi connectivity index (χ1v) is 22.4.